The van der Waals surface area contributed by atoms with E-state index in [4.69, 9.17) is 0 Å². The van der Waals surface area contributed by atoms with Gasteiger partial charge in [-0.25, -0.2) is 0 Å². The third-order valence-electron chi connectivity index (χ3n) is 2.12. The molecule has 3 heteroatoms. The Morgan fingerprint density at radius 1 is 1.75 bits per heavy atom. The molecule has 0 aliphatic heterocycles. The summed E-state index contributed by atoms with van der Waals surface area (Å²) in [5, 5.41) is 9.44. The summed E-state index contributed by atoms with van der Waals surface area (Å²) < 4.78 is 4.59. The van der Waals surface area contributed by atoms with Gasteiger partial charge in [-0.15, -0.1) is 0 Å². The van der Waals surface area contributed by atoms with Crippen LogP contribution in [-0.2, 0) is 9.53 Å². The summed E-state index contributed by atoms with van der Waals surface area (Å²) in [4.78, 5) is 11.2. The van der Waals surface area contributed by atoms with E-state index in [1.54, 1.807) is 13.0 Å². The van der Waals surface area contributed by atoms with Crippen molar-refractivity contribution >= 4 is 5.97 Å². The van der Waals surface area contributed by atoms with Crippen LogP contribution < -0.4 is 0 Å². The van der Waals surface area contributed by atoms with E-state index in [1.807, 2.05) is 6.08 Å². The summed E-state index contributed by atoms with van der Waals surface area (Å²) in [6.07, 6.45) is 5.55. The maximum absolute atomic E-state index is 11.2. The largest absolute Gasteiger partial charge is 0.511 e. The molecule has 1 aliphatic carbocycles. The fourth-order valence-corrected chi connectivity index (χ4v) is 1.16. The Labute approximate surface area is 71.3 Å². The topological polar surface area (TPSA) is 46.5 Å². The van der Waals surface area contributed by atoms with Crippen molar-refractivity contribution in [2.75, 3.05) is 7.11 Å². The van der Waals surface area contributed by atoms with Crippen molar-refractivity contribution in [1.29, 1.82) is 0 Å². The van der Waals surface area contributed by atoms with Crippen molar-refractivity contribution in [2.24, 2.45) is 5.41 Å². The van der Waals surface area contributed by atoms with Gasteiger partial charge in [0.05, 0.1) is 7.11 Å². The van der Waals surface area contributed by atoms with Crippen molar-refractivity contribution in [3.8, 4) is 0 Å². The number of aliphatic hydroxyl groups is 1. The van der Waals surface area contributed by atoms with Crippen LogP contribution in [0.2, 0.25) is 0 Å². The molecule has 1 atom stereocenters. The Kier molecular flexibility index (Phi) is 2.22. The number of allylic oxidation sites excluding steroid dienone is 3. The average molecular weight is 168 g/mol. The predicted molar refractivity (Wildman–Crippen MR) is 44.6 cm³/mol. The molecule has 3 nitrogen and oxygen atoms in total. The summed E-state index contributed by atoms with van der Waals surface area (Å²) in [5.74, 6) is -0.336. The van der Waals surface area contributed by atoms with Crippen molar-refractivity contribution < 1.29 is 14.6 Å². The lowest BCUT2D eigenvalue weighted by Crippen LogP contribution is -2.31. The molecule has 0 saturated carbocycles. The molecule has 0 aromatic carbocycles. The van der Waals surface area contributed by atoms with Crippen LogP contribution in [0.1, 0.15) is 13.3 Å². The fourth-order valence-electron chi connectivity index (χ4n) is 1.16. The van der Waals surface area contributed by atoms with Crippen LogP contribution >= 0.6 is 0 Å². The number of ether oxygens (including phenoxy) is 1. The molecule has 0 radical (unpaired) electrons. The van der Waals surface area contributed by atoms with Gasteiger partial charge in [-0.05, 0) is 19.4 Å². The molecule has 0 fully saturated rings. The Bertz CT molecular complexity index is 252. The minimum atomic E-state index is -0.885. The third-order valence-corrected chi connectivity index (χ3v) is 2.12. The van der Waals surface area contributed by atoms with Crippen LogP contribution in [-0.4, -0.2) is 18.2 Å². The predicted octanol–water partition coefficient (Wildman–Crippen LogP) is 1.57. The Morgan fingerprint density at radius 2 is 2.42 bits per heavy atom. The van der Waals surface area contributed by atoms with E-state index >= 15 is 0 Å². The molecule has 0 amide bonds. The van der Waals surface area contributed by atoms with Crippen LogP contribution in [0.4, 0.5) is 0 Å². The van der Waals surface area contributed by atoms with E-state index in [-0.39, 0.29) is 5.76 Å². The minimum absolute atomic E-state index is 0.0665. The van der Waals surface area contributed by atoms with Gasteiger partial charge in [-0.2, -0.15) is 0 Å². The van der Waals surface area contributed by atoms with Gasteiger partial charge in [0.2, 0.25) is 0 Å². The van der Waals surface area contributed by atoms with Gasteiger partial charge in [-0.3, -0.25) is 4.79 Å². The summed E-state index contributed by atoms with van der Waals surface area (Å²) in [6, 6.07) is 0. The second-order valence-electron chi connectivity index (χ2n) is 3.01. The van der Waals surface area contributed by atoms with Crippen LogP contribution in [0, 0.1) is 5.41 Å². The number of hydrogen-bond acceptors (Lipinski definition) is 3. The Hall–Kier alpha value is -1.25. The van der Waals surface area contributed by atoms with Crippen LogP contribution in [0.5, 0.6) is 0 Å². The van der Waals surface area contributed by atoms with E-state index in [0.29, 0.717) is 6.42 Å². The highest BCUT2D eigenvalue weighted by Crippen LogP contribution is 2.33. The first-order valence-electron chi connectivity index (χ1n) is 3.76. The number of carbonyl (C=O) groups is 1. The van der Waals surface area contributed by atoms with E-state index in [1.165, 1.54) is 13.2 Å². The fraction of sp³-hybridized carbons (Fsp3) is 0.444. The number of rotatable bonds is 1. The molecular formula is C9H12O3. The summed E-state index contributed by atoms with van der Waals surface area (Å²) in [6.45, 7) is 1.66. The highest BCUT2D eigenvalue weighted by Gasteiger charge is 2.38. The first-order valence-corrected chi connectivity index (χ1v) is 3.76. The molecule has 0 heterocycles. The first kappa shape index (κ1) is 8.84. The summed E-state index contributed by atoms with van der Waals surface area (Å²) in [5.41, 5.74) is -0.885. The number of aliphatic hydroxyl groups excluding tert-OH is 1. The van der Waals surface area contributed by atoms with Crippen LogP contribution in [0.25, 0.3) is 0 Å². The van der Waals surface area contributed by atoms with Gasteiger partial charge < -0.3 is 9.84 Å². The lowest BCUT2D eigenvalue weighted by atomic mass is 9.82. The Balaban J connectivity index is 2.92. The zero-order chi connectivity index (χ0) is 9.19. The van der Waals surface area contributed by atoms with Crippen molar-refractivity contribution in [3.63, 3.8) is 0 Å². The zero-order valence-corrected chi connectivity index (χ0v) is 7.20. The maximum atomic E-state index is 11.2. The molecule has 1 rings (SSSR count). The maximum Gasteiger partial charge on any atom is 0.319 e. The lowest BCUT2D eigenvalue weighted by Gasteiger charge is -2.26. The normalized spacial score (nSPS) is 28.0. The molecule has 12 heavy (non-hydrogen) atoms. The molecular weight excluding hydrogens is 156 g/mol. The van der Waals surface area contributed by atoms with Crippen molar-refractivity contribution in [2.45, 2.75) is 13.3 Å². The molecule has 1 unspecified atom stereocenters. The number of carbonyl (C=O) groups excluding carboxylic acids is 1. The quantitative estimate of drug-likeness (QED) is 0.604. The highest BCUT2D eigenvalue weighted by atomic mass is 16.5. The number of methoxy groups -OCH3 is 1. The second kappa shape index (κ2) is 3.01. The smallest absolute Gasteiger partial charge is 0.319 e. The van der Waals surface area contributed by atoms with E-state index in [0.717, 1.165) is 0 Å². The lowest BCUT2D eigenvalue weighted by molar-refractivity contribution is -0.150. The van der Waals surface area contributed by atoms with E-state index in [9.17, 15) is 9.90 Å². The van der Waals surface area contributed by atoms with E-state index in [2.05, 4.69) is 4.74 Å². The van der Waals surface area contributed by atoms with Gasteiger partial charge in [0, 0.05) is 0 Å². The van der Waals surface area contributed by atoms with Gasteiger partial charge >= 0.3 is 5.97 Å². The molecule has 1 N–H and O–H groups in total. The molecule has 1 aliphatic rings. The molecule has 0 aromatic rings. The minimum Gasteiger partial charge on any atom is -0.511 e. The molecule has 0 bridgehead atoms. The zero-order valence-electron chi connectivity index (χ0n) is 7.20. The number of esters is 1. The first-order chi connectivity index (χ1) is 5.61. The van der Waals surface area contributed by atoms with Crippen molar-refractivity contribution in [3.05, 3.63) is 24.0 Å². The van der Waals surface area contributed by atoms with Crippen LogP contribution in [0.3, 0.4) is 0 Å². The third kappa shape index (κ3) is 1.22. The van der Waals surface area contributed by atoms with Gasteiger partial charge in [0.25, 0.3) is 0 Å². The summed E-state index contributed by atoms with van der Waals surface area (Å²) >= 11 is 0. The van der Waals surface area contributed by atoms with Gasteiger partial charge in [-0.1, -0.05) is 12.2 Å². The average Bonchev–Trinajstić information content (AvgIpc) is 2.09. The highest BCUT2D eigenvalue weighted by molar-refractivity contribution is 5.80. The van der Waals surface area contributed by atoms with E-state index < -0.39 is 11.4 Å². The monoisotopic (exact) mass is 168 g/mol. The van der Waals surface area contributed by atoms with Crippen molar-refractivity contribution in [1.82, 2.24) is 0 Å². The summed E-state index contributed by atoms with van der Waals surface area (Å²) in [7, 11) is 1.32. The van der Waals surface area contributed by atoms with Gasteiger partial charge in [0.15, 0.2) is 0 Å². The Morgan fingerprint density at radius 3 is 2.92 bits per heavy atom. The van der Waals surface area contributed by atoms with Crippen LogP contribution in [0.15, 0.2) is 24.0 Å². The molecule has 0 aromatic heterocycles. The molecule has 66 valence electrons. The molecule has 0 spiro atoms. The standard InChI is InChI=1S/C9H12O3/c1-9(8(11)12-2)6-4-3-5-7(9)10/h3-5,10H,6H2,1-2H3. The molecule has 0 saturated heterocycles. The second-order valence-corrected chi connectivity index (χ2v) is 3.01. The SMILES string of the molecule is COC(=O)C1(C)CC=CC=C1O. The van der Waals surface area contributed by atoms with Gasteiger partial charge in [0.1, 0.15) is 11.2 Å². The number of hydrogen-bond donors (Lipinski definition) is 1.